The van der Waals surface area contributed by atoms with E-state index in [4.69, 9.17) is 16.9 Å². The van der Waals surface area contributed by atoms with Gasteiger partial charge in [0.25, 0.3) is 5.91 Å². The van der Waals surface area contributed by atoms with Crippen LogP contribution in [0.1, 0.15) is 22.5 Å². The molecule has 1 aromatic heterocycles. The summed E-state index contributed by atoms with van der Waals surface area (Å²) >= 11 is 7.08. The van der Waals surface area contributed by atoms with Crippen LogP contribution in [0.5, 0.6) is 0 Å². The zero-order chi connectivity index (χ0) is 11.5. The molecule has 1 aromatic rings. The molecule has 1 aliphatic rings. The first-order valence-corrected chi connectivity index (χ1v) is 6.34. The van der Waals surface area contributed by atoms with E-state index in [1.807, 2.05) is 0 Å². The molecule has 0 aromatic carbocycles. The zero-order valence-electron chi connectivity index (χ0n) is 8.65. The third-order valence-electron chi connectivity index (χ3n) is 2.68. The van der Waals surface area contributed by atoms with Gasteiger partial charge in [-0.15, -0.1) is 11.3 Å². The van der Waals surface area contributed by atoms with E-state index in [2.05, 4.69) is 6.07 Å². The number of thiophene rings is 1. The second-order valence-corrected chi connectivity index (χ2v) is 5.54. The van der Waals surface area contributed by atoms with Crippen molar-refractivity contribution in [3.05, 3.63) is 21.3 Å². The van der Waals surface area contributed by atoms with Crippen LogP contribution in [0.15, 0.2) is 12.1 Å². The van der Waals surface area contributed by atoms with Crippen LogP contribution in [0.25, 0.3) is 0 Å². The molecule has 5 heteroatoms. The topological polar surface area (TPSA) is 44.1 Å². The third-order valence-corrected chi connectivity index (χ3v) is 3.89. The van der Waals surface area contributed by atoms with Gasteiger partial charge >= 0.3 is 0 Å². The Balaban J connectivity index is 2.08. The molecule has 3 nitrogen and oxygen atoms in total. The maximum absolute atomic E-state index is 12.0. The van der Waals surface area contributed by atoms with Crippen molar-refractivity contribution in [2.24, 2.45) is 5.92 Å². The van der Waals surface area contributed by atoms with Crippen molar-refractivity contribution in [3.63, 3.8) is 0 Å². The molecule has 2 heterocycles. The summed E-state index contributed by atoms with van der Waals surface area (Å²) in [5, 5.41) is 8.86. The molecule has 0 bridgehead atoms. The van der Waals surface area contributed by atoms with Gasteiger partial charge in [0.05, 0.1) is 21.2 Å². The lowest BCUT2D eigenvalue weighted by atomic mass is 10.00. The first kappa shape index (κ1) is 11.4. The van der Waals surface area contributed by atoms with E-state index in [1.165, 1.54) is 11.3 Å². The fourth-order valence-electron chi connectivity index (χ4n) is 1.85. The predicted molar refractivity (Wildman–Crippen MR) is 63.6 cm³/mol. The number of carbonyl (C=O) groups is 1. The number of amides is 1. The van der Waals surface area contributed by atoms with E-state index >= 15 is 0 Å². The lowest BCUT2D eigenvalue weighted by Gasteiger charge is -2.29. The molecule has 0 aliphatic carbocycles. The molecule has 16 heavy (non-hydrogen) atoms. The molecule has 0 radical (unpaired) electrons. The molecular formula is C11H11ClN2OS. The predicted octanol–water partition coefficient (Wildman–Crippen LogP) is 2.78. The number of likely N-dealkylation sites (tertiary alicyclic amines) is 1. The zero-order valence-corrected chi connectivity index (χ0v) is 10.2. The Hall–Kier alpha value is -1.05. The van der Waals surface area contributed by atoms with E-state index < -0.39 is 0 Å². The summed E-state index contributed by atoms with van der Waals surface area (Å²) in [6, 6.07) is 5.70. The van der Waals surface area contributed by atoms with E-state index in [1.54, 1.807) is 17.0 Å². The lowest BCUT2D eigenvalue weighted by Crippen LogP contribution is -2.39. The van der Waals surface area contributed by atoms with E-state index in [9.17, 15) is 4.79 Å². The second kappa shape index (κ2) is 4.86. The molecule has 0 saturated carbocycles. The van der Waals surface area contributed by atoms with E-state index in [0.717, 1.165) is 19.4 Å². The third kappa shape index (κ3) is 2.37. The van der Waals surface area contributed by atoms with Crippen LogP contribution in [0.3, 0.4) is 0 Å². The summed E-state index contributed by atoms with van der Waals surface area (Å²) in [5.41, 5.74) is 0. The standard InChI is InChI=1S/C11H11ClN2OS/c12-10-4-3-9(16-10)11(15)14-5-1-2-8(6-13)7-14/h3-4,8H,1-2,5,7H2. The Morgan fingerprint density at radius 2 is 2.44 bits per heavy atom. The van der Waals surface area contributed by atoms with Gasteiger partial charge in [-0.3, -0.25) is 4.79 Å². The number of piperidine rings is 1. The molecule has 1 unspecified atom stereocenters. The number of nitrogens with zero attached hydrogens (tertiary/aromatic N) is 2. The Morgan fingerprint density at radius 3 is 3.06 bits per heavy atom. The number of halogens is 1. The second-order valence-electron chi connectivity index (χ2n) is 3.82. The molecule has 2 rings (SSSR count). The smallest absolute Gasteiger partial charge is 0.264 e. The Kier molecular flexibility index (Phi) is 3.47. The molecule has 1 amide bonds. The molecule has 1 fully saturated rings. The Morgan fingerprint density at radius 1 is 1.62 bits per heavy atom. The van der Waals surface area contributed by atoms with Crippen LogP contribution in [0.4, 0.5) is 0 Å². The summed E-state index contributed by atoms with van der Waals surface area (Å²) in [6.45, 7) is 1.29. The minimum atomic E-state index is -0.0202. The van der Waals surface area contributed by atoms with Gasteiger partial charge < -0.3 is 4.90 Å². The Bertz CT molecular complexity index is 437. The summed E-state index contributed by atoms with van der Waals surface area (Å²) in [4.78, 5) is 14.4. The largest absolute Gasteiger partial charge is 0.337 e. The van der Waals surface area contributed by atoms with Crippen molar-refractivity contribution in [3.8, 4) is 6.07 Å². The molecule has 1 saturated heterocycles. The minimum Gasteiger partial charge on any atom is -0.337 e. The van der Waals surface area contributed by atoms with Crippen LogP contribution in [-0.2, 0) is 0 Å². The molecule has 84 valence electrons. The van der Waals surface area contributed by atoms with Crippen molar-refractivity contribution in [1.29, 1.82) is 5.26 Å². The number of carbonyl (C=O) groups excluding carboxylic acids is 1. The van der Waals surface area contributed by atoms with E-state index in [-0.39, 0.29) is 11.8 Å². The number of nitriles is 1. The number of hydrogen-bond acceptors (Lipinski definition) is 3. The fourth-order valence-corrected chi connectivity index (χ4v) is 2.86. The first-order chi connectivity index (χ1) is 7.70. The molecule has 0 spiro atoms. The van der Waals surface area contributed by atoms with Gasteiger partial charge in [0.1, 0.15) is 0 Å². The van der Waals surface area contributed by atoms with Crippen LogP contribution < -0.4 is 0 Å². The monoisotopic (exact) mass is 254 g/mol. The van der Waals surface area contributed by atoms with Crippen molar-refractivity contribution in [1.82, 2.24) is 4.90 Å². The van der Waals surface area contributed by atoms with Crippen LogP contribution in [-0.4, -0.2) is 23.9 Å². The van der Waals surface area contributed by atoms with Crippen molar-refractivity contribution in [2.45, 2.75) is 12.8 Å². The van der Waals surface area contributed by atoms with Crippen LogP contribution in [0, 0.1) is 17.2 Å². The summed E-state index contributed by atoms with van der Waals surface area (Å²) < 4.78 is 0.622. The maximum atomic E-state index is 12.0. The fraction of sp³-hybridized carbons (Fsp3) is 0.455. The first-order valence-electron chi connectivity index (χ1n) is 5.15. The Labute approximate surface area is 103 Å². The molecule has 1 atom stereocenters. The van der Waals surface area contributed by atoms with Gasteiger partial charge in [-0.1, -0.05) is 11.6 Å². The van der Waals surface area contributed by atoms with Crippen LogP contribution in [0.2, 0.25) is 4.34 Å². The lowest BCUT2D eigenvalue weighted by molar-refractivity contribution is 0.0704. The van der Waals surface area contributed by atoms with E-state index in [0.29, 0.717) is 15.8 Å². The van der Waals surface area contributed by atoms with Crippen molar-refractivity contribution < 1.29 is 4.79 Å². The van der Waals surface area contributed by atoms with Gasteiger partial charge in [-0.25, -0.2) is 0 Å². The van der Waals surface area contributed by atoms with Gasteiger partial charge in [0.2, 0.25) is 0 Å². The van der Waals surface area contributed by atoms with Crippen LogP contribution >= 0.6 is 22.9 Å². The highest BCUT2D eigenvalue weighted by molar-refractivity contribution is 7.17. The molecular weight excluding hydrogens is 244 g/mol. The molecule has 0 N–H and O–H groups in total. The van der Waals surface area contributed by atoms with Gasteiger partial charge in [0, 0.05) is 13.1 Å². The average Bonchev–Trinajstić information content (AvgIpc) is 2.75. The SMILES string of the molecule is N#CC1CCCN(C(=O)c2ccc(Cl)s2)C1. The number of hydrogen-bond donors (Lipinski definition) is 0. The summed E-state index contributed by atoms with van der Waals surface area (Å²) in [5.74, 6) is -0.0232. The summed E-state index contributed by atoms with van der Waals surface area (Å²) in [7, 11) is 0. The minimum absolute atomic E-state index is 0.00292. The van der Waals surface area contributed by atoms with Gasteiger partial charge in [0.15, 0.2) is 0 Å². The quantitative estimate of drug-likeness (QED) is 0.774. The number of rotatable bonds is 1. The highest BCUT2D eigenvalue weighted by Crippen LogP contribution is 2.24. The van der Waals surface area contributed by atoms with Gasteiger partial charge in [-0.2, -0.15) is 5.26 Å². The average molecular weight is 255 g/mol. The summed E-state index contributed by atoms with van der Waals surface area (Å²) in [6.07, 6.45) is 1.80. The van der Waals surface area contributed by atoms with Gasteiger partial charge in [-0.05, 0) is 25.0 Å². The highest BCUT2D eigenvalue weighted by Gasteiger charge is 2.24. The molecule has 1 aliphatic heterocycles. The maximum Gasteiger partial charge on any atom is 0.264 e. The van der Waals surface area contributed by atoms with Crippen molar-refractivity contribution in [2.75, 3.05) is 13.1 Å². The normalized spacial score (nSPS) is 20.5. The van der Waals surface area contributed by atoms with Crippen molar-refractivity contribution >= 4 is 28.8 Å². The highest BCUT2D eigenvalue weighted by atomic mass is 35.5.